The van der Waals surface area contributed by atoms with Crippen molar-refractivity contribution in [3.63, 3.8) is 0 Å². The number of hydrogen-bond acceptors (Lipinski definition) is 7. The number of ether oxygens (including phenoxy) is 2. The molecule has 0 aliphatic carbocycles. The van der Waals surface area contributed by atoms with Gasteiger partial charge in [-0.2, -0.15) is 0 Å². The van der Waals surface area contributed by atoms with Gasteiger partial charge in [0.25, 0.3) is 0 Å². The average molecular weight is 423 g/mol. The molecule has 3 aromatic heterocycles. The van der Waals surface area contributed by atoms with Gasteiger partial charge < -0.3 is 14.6 Å². The van der Waals surface area contributed by atoms with E-state index in [9.17, 15) is 5.11 Å². The fourth-order valence-electron chi connectivity index (χ4n) is 4.13. The third-order valence-corrected chi connectivity index (χ3v) is 5.53. The molecule has 0 saturated heterocycles. The van der Waals surface area contributed by atoms with Gasteiger partial charge in [0.1, 0.15) is 29.3 Å². The number of aromatic nitrogens is 5. The van der Waals surface area contributed by atoms with E-state index in [0.717, 1.165) is 22.4 Å². The Labute approximate surface area is 182 Å². The van der Waals surface area contributed by atoms with E-state index in [1.807, 2.05) is 48.5 Å². The number of benzene rings is 2. The quantitative estimate of drug-likeness (QED) is 0.456. The molecule has 32 heavy (non-hydrogen) atoms. The van der Waals surface area contributed by atoms with Crippen molar-refractivity contribution in [1.82, 2.24) is 24.6 Å². The van der Waals surface area contributed by atoms with Crippen LogP contribution in [0.4, 0.5) is 0 Å². The van der Waals surface area contributed by atoms with Crippen molar-refractivity contribution in [2.24, 2.45) is 0 Å². The molecular formula is C24H17N5O3. The second kappa shape index (κ2) is 7.05. The van der Waals surface area contributed by atoms with Gasteiger partial charge in [-0.15, -0.1) is 5.10 Å². The minimum absolute atomic E-state index is 0.118. The summed E-state index contributed by atoms with van der Waals surface area (Å²) in [5.74, 6) is 2.00. The van der Waals surface area contributed by atoms with E-state index in [1.54, 1.807) is 36.3 Å². The van der Waals surface area contributed by atoms with Crippen LogP contribution in [0.1, 0.15) is 22.6 Å². The van der Waals surface area contributed by atoms with Crippen LogP contribution >= 0.6 is 0 Å². The maximum absolute atomic E-state index is 10.0. The molecule has 1 N–H and O–H groups in total. The second-order valence-electron chi connectivity index (χ2n) is 7.38. The topological polar surface area (TPSA) is 94.7 Å². The van der Waals surface area contributed by atoms with Crippen molar-refractivity contribution < 1.29 is 14.6 Å². The number of methoxy groups -OCH3 is 1. The van der Waals surface area contributed by atoms with Crippen LogP contribution in [0, 0.1) is 0 Å². The molecule has 1 atom stereocenters. The van der Waals surface area contributed by atoms with Gasteiger partial charge in [0.15, 0.2) is 5.65 Å². The zero-order valence-corrected chi connectivity index (χ0v) is 17.0. The van der Waals surface area contributed by atoms with Gasteiger partial charge in [0.2, 0.25) is 11.7 Å². The number of rotatable bonds is 3. The Balaban J connectivity index is 1.65. The Hall–Kier alpha value is -4.46. The molecule has 2 aromatic carbocycles. The number of nitrogens with zero attached hydrogens (tertiary/aromatic N) is 5. The number of phenols is 1. The first kappa shape index (κ1) is 18.3. The molecule has 0 amide bonds. The summed E-state index contributed by atoms with van der Waals surface area (Å²) in [7, 11) is 1.64. The Bertz CT molecular complexity index is 1470. The summed E-state index contributed by atoms with van der Waals surface area (Å²) in [6.07, 6.45) is 3.28. The van der Waals surface area contributed by atoms with Gasteiger partial charge >= 0.3 is 0 Å². The Morgan fingerprint density at radius 2 is 1.88 bits per heavy atom. The lowest BCUT2D eigenvalue weighted by Crippen LogP contribution is -2.15. The molecule has 0 saturated carbocycles. The molecule has 4 heterocycles. The molecule has 8 heteroatoms. The normalized spacial score (nSPS) is 14.5. The smallest absolute Gasteiger partial charge is 0.228 e. The van der Waals surface area contributed by atoms with Crippen molar-refractivity contribution in [2.45, 2.75) is 5.92 Å². The van der Waals surface area contributed by atoms with E-state index < -0.39 is 0 Å². The van der Waals surface area contributed by atoms with Gasteiger partial charge in [0.05, 0.1) is 18.6 Å². The monoisotopic (exact) mass is 423 g/mol. The van der Waals surface area contributed by atoms with E-state index in [4.69, 9.17) is 14.5 Å². The molecule has 1 aliphatic rings. The highest BCUT2D eigenvalue weighted by atomic mass is 16.5. The minimum Gasteiger partial charge on any atom is -0.508 e. The molecule has 0 fully saturated rings. The first-order valence-electron chi connectivity index (χ1n) is 10.0. The summed E-state index contributed by atoms with van der Waals surface area (Å²) in [5, 5.41) is 14.6. The van der Waals surface area contributed by atoms with Crippen LogP contribution in [0.2, 0.25) is 0 Å². The van der Waals surface area contributed by atoms with Crippen molar-refractivity contribution in [3.05, 3.63) is 89.9 Å². The van der Waals surface area contributed by atoms with Gasteiger partial charge in [-0.1, -0.05) is 30.3 Å². The highest BCUT2D eigenvalue weighted by Crippen LogP contribution is 2.50. The summed E-state index contributed by atoms with van der Waals surface area (Å²) in [6, 6.07) is 18.5. The van der Waals surface area contributed by atoms with Gasteiger partial charge in [0, 0.05) is 23.4 Å². The molecule has 0 unspecified atom stereocenters. The molecule has 0 radical (unpaired) electrons. The number of fused-ring (bicyclic) bond motifs is 4. The number of para-hydroxylation sites is 1. The largest absolute Gasteiger partial charge is 0.508 e. The molecule has 0 spiro atoms. The lowest BCUT2D eigenvalue weighted by molar-refractivity contribution is 0.401. The molecule has 6 rings (SSSR count). The van der Waals surface area contributed by atoms with Crippen molar-refractivity contribution in [2.75, 3.05) is 7.11 Å². The lowest BCUT2D eigenvalue weighted by atomic mass is 9.83. The average Bonchev–Trinajstić information content (AvgIpc) is 3.28. The Kier molecular flexibility index (Phi) is 4.04. The van der Waals surface area contributed by atoms with Crippen molar-refractivity contribution in [3.8, 4) is 34.6 Å². The van der Waals surface area contributed by atoms with E-state index in [-0.39, 0.29) is 11.7 Å². The number of hydrogen-bond donors (Lipinski definition) is 1. The standard InChI is InChI=1S/C24H17N5O3/c1-31-18-8-3-2-6-15(18)20-16-10-9-14(30)12-19(16)32-24-21(20)23-27-22(28-29(23)13-26-24)17-7-4-5-11-25-17/h2-13,20,30H,1H3/t20-/m0/s1. The SMILES string of the molecule is COc1ccccc1[C@H]1c2ccc(O)cc2Oc2ncn3nc(-c4ccccn4)nc3c21. The number of phenolic OH excluding ortho intramolecular Hbond substituents is 1. The zero-order chi connectivity index (χ0) is 21.7. The highest BCUT2D eigenvalue weighted by Gasteiger charge is 2.35. The van der Waals surface area contributed by atoms with Gasteiger partial charge in [-0.05, 0) is 24.3 Å². The third-order valence-electron chi connectivity index (χ3n) is 5.53. The molecule has 5 aromatic rings. The first-order chi connectivity index (χ1) is 15.7. The molecule has 1 aliphatic heterocycles. The fourth-order valence-corrected chi connectivity index (χ4v) is 4.13. The van der Waals surface area contributed by atoms with Crippen LogP contribution < -0.4 is 9.47 Å². The Morgan fingerprint density at radius 1 is 1.00 bits per heavy atom. The third kappa shape index (κ3) is 2.77. The van der Waals surface area contributed by atoms with Crippen LogP contribution in [-0.4, -0.2) is 36.8 Å². The summed E-state index contributed by atoms with van der Waals surface area (Å²) >= 11 is 0. The van der Waals surface area contributed by atoms with Crippen LogP contribution in [0.15, 0.2) is 73.2 Å². The van der Waals surface area contributed by atoms with Crippen LogP contribution in [0.5, 0.6) is 23.1 Å². The fraction of sp³-hybridized carbons (Fsp3) is 0.0833. The Morgan fingerprint density at radius 3 is 2.72 bits per heavy atom. The van der Waals surface area contributed by atoms with E-state index in [1.165, 1.54) is 0 Å². The molecular weight excluding hydrogens is 406 g/mol. The summed E-state index contributed by atoms with van der Waals surface area (Å²) < 4.78 is 13.4. The predicted octanol–water partition coefficient (Wildman–Crippen LogP) is 4.19. The van der Waals surface area contributed by atoms with Crippen LogP contribution in [-0.2, 0) is 0 Å². The second-order valence-corrected chi connectivity index (χ2v) is 7.38. The summed E-state index contributed by atoms with van der Waals surface area (Å²) in [6.45, 7) is 0. The van der Waals surface area contributed by atoms with E-state index >= 15 is 0 Å². The summed E-state index contributed by atoms with van der Waals surface area (Å²) in [5.41, 5.74) is 3.86. The van der Waals surface area contributed by atoms with Gasteiger partial charge in [-0.25, -0.2) is 14.5 Å². The lowest BCUT2D eigenvalue weighted by Gasteiger charge is -2.28. The van der Waals surface area contributed by atoms with E-state index in [2.05, 4.69) is 15.1 Å². The maximum atomic E-state index is 10.0. The van der Waals surface area contributed by atoms with Crippen LogP contribution in [0.25, 0.3) is 17.2 Å². The van der Waals surface area contributed by atoms with Crippen molar-refractivity contribution >= 4 is 5.65 Å². The molecule has 156 valence electrons. The zero-order valence-electron chi connectivity index (χ0n) is 17.0. The highest BCUT2D eigenvalue weighted by molar-refractivity contribution is 5.69. The minimum atomic E-state index is -0.289. The molecule has 8 nitrogen and oxygen atoms in total. The van der Waals surface area contributed by atoms with Gasteiger partial charge in [-0.3, -0.25) is 4.98 Å². The van der Waals surface area contributed by atoms with Crippen molar-refractivity contribution in [1.29, 1.82) is 0 Å². The maximum Gasteiger partial charge on any atom is 0.228 e. The predicted molar refractivity (Wildman–Crippen MR) is 116 cm³/mol. The first-order valence-corrected chi connectivity index (χ1v) is 10.0. The number of aromatic hydroxyl groups is 1. The van der Waals surface area contributed by atoms with Crippen LogP contribution in [0.3, 0.4) is 0 Å². The number of pyridine rings is 1. The summed E-state index contributed by atoms with van der Waals surface area (Å²) in [4.78, 5) is 13.7. The molecule has 0 bridgehead atoms. The van der Waals surface area contributed by atoms with E-state index in [0.29, 0.717) is 28.8 Å².